The highest BCUT2D eigenvalue weighted by Gasteiger charge is 2.16. The molecule has 5 nitrogen and oxygen atoms in total. The van der Waals surface area contributed by atoms with Gasteiger partial charge >= 0.3 is 5.69 Å². The minimum atomic E-state index is -0.432. The van der Waals surface area contributed by atoms with E-state index >= 15 is 0 Å². The van der Waals surface area contributed by atoms with Gasteiger partial charge in [0, 0.05) is 18.2 Å². The lowest BCUT2D eigenvalue weighted by Crippen LogP contribution is -2.35. The monoisotopic (exact) mass is 264 g/mol. The zero-order chi connectivity index (χ0) is 14.5. The first-order valence-corrected chi connectivity index (χ1v) is 6.09. The fourth-order valence-electron chi connectivity index (χ4n) is 1.45. The van der Waals surface area contributed by atoms with Gasteiger partial charge in [-0.05, 0) is 32.4 Å². The summed E-state index contributed by atoms with van der Waals surface area (Å²) in [5, 5.41) is 14.3. The Balaban J connectivity index is 2.89. The molecule has 0 aliphatic carbocycles. The summed E-state index contributed by atoms with van der Waals surface area (Å²) in [6.07, 6.45) is 1.55. The van der Waals surface area contributed by atoms with Crippen LogP contribution in [0.1, 0.15) is 26.3 Å². The highest BCUT2D eigenvalue weighted by molar-refractivity contribution is 5.48. The molecule has 5 heteroatoms. The van der Waals surface area contributed by atoms with Gasteiger partial charge in [-0.15, -0.1) is 0 Å². The molecule has 104 valence electrons. The number of rotatable bonds is 6. The lowest BCUT2D eigenvalue weighted by atomic mass is 10.1. The highest BCUT2D eigenvalue weighted by atomic mass is 16.6. The number of nitrogens with zero attached hydrogens (tertiary/aromatic N) is 1. The summed E-state index contributed by atoms with van der Waals surface area (Å²) >= 11 is 0. The van der Waals surface area contributed by atoms with Crippen LogP contribution in [-0.2, 0) is 6.54 Å². The molecule has 0 unspecified atom stereocenters. The van der Waals surface area contributed by atoms with Crippen molar-refractivity contribution in [3.63, 3.8) is 0 Å². The smallest absolute Gasteiger partial charge is 0.311 e. The number of hydrogen-bond acceptors (Lipinski definition) is 4. The molecule has 0 amide bonds. The van der Waals surface area contributed by atoms with Crippen LogP contribution in [0.25, 0.3) is 0 Å². The second-order valence-electron chi connectivity index (χ2n) is 5.26. The Morgan fingerprint density at radius 1 is 1.47 bits per heavy atom. The van der Waals surface area contributed by atoms with Crippen molar-refractivity contribution < 1.29 is 9.66 Å². The van der Waals surface area contributed by atoms with Crippen LogP contribution in [0.2, 0.25) is 0 Å². The molecule has 0 heterocycles. The molecule has 1 aromatic carbocycles. The first-order chi connectivity index (χ1) is 8.83. The number of nitro groups is 1. The van der Waals surface area contributed by atoms with E-state index < -0.39 is 4.92 Å². The van der Waals surface area contributed by atoms with E-state index in [2.05, 4.69) is 11.9 Å². The van der Waals surface area contributed by atoms with E-state index in [0.29, 0.717) is 6.54 Å². The third-order valence-electron chi connectivity index (χ3n) is 2.40. The van der Waals surface area contributed by atoms with Gasteiger partial charge in [-0.25, -0.2) is 0 Å². The van der Waals surface area contributed by atoms with Crippen molar-refractivity contribution >= 4 is 5.69 Å². The van der Waals surface area contributed by atoms with E-state index in [1.807, 2.05) is 26.8 Å². The minimum absolute atomic E-state index is 0.0185. The van der Waals surface area contributed by atoms with Crippen LogP contribution in [0.3, 0.4) is 0 Å². The van der Waals surface area contributed by atoms with Crippen molar-refractivity contribution in [1.29, 1.82) is 0 Å². The molecule has 1 N–H and O–H groups in total. The van der Waals surface area contributed by atoms with Crippen molar-refractivity contribution in [1.82, 2.24) is 5.32 Å². The molecular weight excluding hydrogens is 244 g/mol. The zero-order valence-corrected chi connectivity index (χ0v) is 11.6. The molecule has 0 atom stereocenters. The van der Waals surface area contributed by atoms with E-state index in [1.54, 1.807) is 12.1 Å². The Morgan fingerprint density at radius 3 is 2.68 bits per heavy atom. The van der Waals surface area contributed by atoms with E-state index in [0.717, 1.165) is 5.56 Å². The Labute approximate surface area is 113 Å². The van der Waals surface area contributed by atoms with Gasteiger partial charge < -0.3 is 10.1 Å². The molecule has 0 aliphatic heterocycles. The molecular formula is C14H20N2O3. The Kier molecular flexibility index (Phi) is 5.06. The van der Waals surface area contributed by atoms with Gasteiger partial charge in [-0.1, -0.05) is 18.7 Å². The highest BCUT2D eigenvalue weighted by Crippen LogP contribution is 2.28. The zero-order valence-electron chi connectivity index (χ0n) is 11.6. The van der Waals surface area contributed by atoms with E-state index in [-0.39, 0.29) is 23.6 Å². The van der Waals surface area contributed by atoms with Crippen molar-refractivity contribution in [2.24, 2.45) is 0 Å². The normalized spacial score (nSPS) is 11.1. The van der Waals surface area contributed by atoms with Crippen molar-refractivity contribution in [2.75, 3.05) is 6.61 Å². The maximum absolute atomic E-state index is 11.0. The van der Waals surface area contributed by atoms with Crippen molar-refractivity contribution in [3.05, 3.63) is 46.5 Å². The van der Waals surface area contributed by atoms with Crippen LogP contribution in [0.5, 0.6) is 5.75 Å². The summed E-state index contributed by atoms with van der Waals surface area (Å²) < 4.78 is 5.27. The van der Waals surface area contributed by atoms with Gasteiger partial charge in [-0.3, -0.25) is 10.1 Å². The molecule has 0 aromatic heterocycles. The van der Waals surface area contributed by atoms with Crippen LogP contribution in [-0.4, -0.2) is 17.1 Å². The maximum atomic E-state index is 11.0. The lowest BCUT2D eigenvalue weighted by molar-refractivity contribution is -0.385. The largest absolute Gasteiger partial charge is 0.483 e. The Bertz CT molecular complexity index is 464. The quantitative estimate of drug-likeness (QED) is 0.487. The van der Waals surface area contributed by atoms with E-state index in [9.17, 15) is 10.1 Å². The molecule has 1 aromatic rings. The maximum Gasteiger partial charge on any atom is 0.311 e. The molecule has 0 spiro atoms. The van der Waals surface area contributed by atoms with Crippen molar-refractivity contribution in [3.8, 4) is 5.75 Å². The topological polar surface area (TPSA) is 64.4 Å². The number of nitrogens with one attached hydrogen (secondary N) is 1. The second-order valence-corrected chi connectivity index (χ2v) is 5.26. The van der Waals surface area contributed by atoms with Gasteiger partial charge in [0.15, 0.2) is 5.75 Å². The van der Waals surface area contributed by atoms with Gasteiger partial charge in [0.2, 0.25) is 0 Å². The number of hydrogen-bond donors (Lipinski definition) is 1. The first-order valence-electron chi connectivity index (χ1n) is 6.09. The summed E-state index contributed by atoms with van der Waals surface area (Å²) in [7, 11) is 0. The number of ether oxygens (including phenoxy) is 1. The summed E-state index contributed by atoms with van der Waals surface area (Å²) in [6.45, 7) is 10.5. The molecule has 0 fully saturated rings. The first kappa shape index (κ1) is 15.2. The molecule has 0 saturated heterocycles. The second kappa shape index (κ2) is 6.33. The third-order valence-corrected chi connectivity index (χ3v) is 2.40. The summed E-state index contributed by atoms with van der Waals surface area (Å²) in [5.41, 5.74) is 0.801. The third kappa shape index (κ3) is 5.09. The predicted octanol–water partition coefficient (Wildman–Crippen LogP) is 3.05. The van der Waals surface area contributed by atoms with Crippen LogP contribution >= 0.6 is 0 Å². The standard InChI is InChI=1S/C14H20N2O3/c1-5-8-19-13-7-6-11(9-12(13)16(17)18)10-15-14(2,3)4/h5-7,9,15H,1,8,10H2,2-4H3. The lowest BCUT2D eigenvalue weighted by Gasteiger charge is -2.20. The molecule has 0 aliphatic rings. The Morgan fingerprint density at radius 2 is 2.16 bits per heavy atom. The summed E-state index contributed by atoms with van der Waals surface area (Å²) in [5.74, 6) is 0.268. The minimum Gasteiger partial charge on any atom is -0.483 e. The summed E-state index contributed by atoms with van der Waals surface area (Å²) in [4.78, 5) is 10.6. The average molecular weight is 264 g/mol. The van der Waals surface area contributed by atoms with Gasteiger partial charge in [0.1, 0.15) is 6.61 Å². The number of benzene rings is 1. The molecule has 19 heavy (non-hydrogen) atoms. The van der Waals surface area contributed by atoms with E-state index in [1.165, 1.54) is 6.07 Å². The SMILES string of the molecule is C=CCOc1ccc(CNC(C)(C)C)cc1[N+](=O)[O-]. The molecule has 0 saturated carbocycles. The predicted molar refractivity (Wildman–Crippen MR) is 75.4 cm³/mol. The molecule has 0 radical (unpaired) electrons. The molecule has 0 bridgehead atoms. The molecule has 1 rings (SSSR count). The fraction of sp³-hybridized carbons (Fsp3) is 0.429. The Hall–Kier alpha value is -1.88. The fourth-order valence-corrected chi connectivity index (χ4v) is 1.45. The summed E-state index contributed by atoms with van der Waals surface area (Å²) in [6, 6.07) is 4.99. The van der Waals surface area contributed by atoms with Crippen LogP contribution in [0, 0.1) is 10.1 Å². The van der Waals surface area contributed by atoms with Gasteiger partial charge in [0.05, 0.1) is 4.92 Å². The van der Waals surface area contributed by atoms with Crippen LogP contribution in [0.15, 0.2) is 30.9 Å². The van der Waals surface area contributed by atoms with Gasteiger partial charge in [-0.2, -0.15) is 0 Å². The average Bonchev–Trinajstić information content (AvgIpc) is 2.33. The van der Waals surface area contributed by atoms with Crippen LogP contribution < -0.4 is 10.1 Å². The van der Waals surface area contributed by atoms with Crippen molar-refractivity contribution in [2.45, 2.75) is 32.9 Å². The number of nitro benzene ring substituents is 1. The van der Waals surface area contributed by atoms with Crippen LogP contribution in [0.4, 0.5) is 5.69 Å². The van der Waals surface area contributed by atoms with E-state index in [4.69, 9.17) is 4.74 Å². The van der Waals surface area contributed by atoms with Gasteiger partial charge in [0.25, 0.3) is 0 Å².